The van der Waals surface area contributed by atoms with Crippen LogP contribution in [0.1, 0.15) is 44.1 Å². The Bertz CT molecular complexity index is 3050. The summed E-state index contributed by atoms with van der Waals surface area (Å²) in [6.45, 7) is 0. The summed E-state index contributed by atoms with van der Waals surface area (Å²) in [7, 11) is 6.17. The normalized spacial score (nSPS) is 20.6. The smallest absolute Gasteiger partial charge is 0.167 e. The highest BCUT2D eigenvalue weighted by Crippen LogP contribution is 2.61. The van der Waals surface area contributed by atoms with Gasteiger partial charge >= 0.3 is 0 Å². The molecule has 9 aromatic rings. The first-order valence-electron chi connectivity index (χ1n) is 21.5. The van der Waals surface area contributed by atoms with Gasteiger partial charge in [0.1, 0.15) is 19.0 Å². The van der Waals surface area contributed by atoms with Crippen LogP contribution in [-0.2, 0) is 5.41 Å². The molecular weight excluding hydrogens is 729 g/mol. The van der Waals surface area contributed by atoms with Crippen LogP contribution in [-0.4, -0.2) is 22.8 Å². The second-order valence-electron chi connectivity index (χ2n) is 17.7. The van der Waals surface area contributed by atoms with E-state index >= 15 is 0 Å². The van der Waals surface area contributed by atoms with E-state index in [1.807, 2.05) is 24.3 Å². The summed E-state index contributed by atoms with van der Waals surface area (Å²) in [6, 6.07) is 57.8. The SMILES string of the molecule is [B]c1ccc(-c2cc(-c3nc(-c4cccc(-c5ccccc5)c4)nc(-c4cc(-c5ccccc5)cc(C56CC7CC(CC(C7)C5)C6)c4)n3)c3oc4ccccc4c3c2)cc1. The van der Waals surface area contributed by atoms with E-state index in [0.29, 0.717) is 17.5 Å². The van der Waals surface area contributed by atoms with Crippen molar-refractivity contribution < 1.29 is 4.42 Å². The first-order chi connectivity index (χ1) is 29.5. The predicted octanol–water partition coefficient (Wildman–Crippen LogP) is 13.0. The summed E-state index contributed by atoms with van der Waals surface area (Å²) >= 11 is 0. The van der Waals surface area contributed by atoms with Gasteiger partial charge in [-0.25, -0.2) is 15.0 Å². The molecule has 60 heavy (non-hydrogen) atoms. The summed E-state index contributed by atoms with van der Waals surface area (Å²) in [4.78, 5) is 16.2. The Kier molecular flexibility index (Phi) is 8.26. The molecule has 2 heterocycles. The first kappa shape index (κ1) is 35.4. The molecule has 0 amide bonds. The maximum Gasteiger partial charge on any atom is 0.167 e. The van der Waals surface area contributed by atoms with Gasteiger partial charge in [0.05, 0.1) is 5.56 Å². The van der Waals surface area contributed by atoms with Crippen LogP contribution < -0.4 is 5.46 Å². The van der Waals surface area contributed by atoms with E-state index in [1.165, 1.54) is 55.2 Å². The van der Waals surface area contributed by atoms with Gasteiger partial charge in [0.15, 0.2) is 17.5 Å². The Morgan fingerprint density at radius 3 is 1.68 bits per heavy atom. The summed E-state index contributed by atoms with van der Waals surface area (Å²) in [5.74, 6) is 4.33. The fourth-order valence-electron chi connectivity index (χ4n) is 11.4. The molecule has 2 aromatic heterocycles. The molecule has 0 saturated heterocycles. The molecule has 7 aromatic carbocycles. The van der Waals surface area contributed by atoms with E-state index in [9.17, 15) is 0 Å². The molecule has 4 aliphatic rings. The molecule has 4 aliphatic carbocycles. The molecule has 286 valence electrons. The van der Waals surface area contributed by atoms with Gasteiger partial charge < -0.3 is 4.42 Å². The van der Waals surface area contributed by atoms with Gasteiger partial charge in [-0.05, 0) is 137 Å². The fourth-order valence-corrected chi connectivity index (χ4v) is 11.4. The van der Waals surface area contributed by atoms with Crippen LogP contribution in [0.5, 0.6) is 0 Å². The van der Waals surface area contributed by atoms with Crippen molar-refractivity contribution in [3.63, 3.8) is 0 Å². The van der Waals surface area contributed by atoms with E-state index in [1.54, 1.807) is 0 Å². The topological polar surface area (TPSA) is 51.8 Å². The number of para-hydroxylation sites is 1. The lowest BCUT2D eigenvalue weighted by atomic mass is 9.48. The van der Waals surface area contributed by atoms with Gasteiger partial charge in [0.25, 0.3) is 0 Å². The molecule has 0 N–H and O–H groups in total. The van der Waals surface area contributed by atoms with Crippen molar-refractivity contribution in [1.29, 1.82) is 0 Å². The van der Waals surface area contributed by atoms with Crippen molar-refractivity contribution in [2.75, 3.05) is 0 Å². The second-order valence-corrected chi connectivity index (χ2v) is 17.7. The molecular formula is C55H42BN3O. The third kappa shape index (κ3) is 6.18. The summed E-state index contributed by atoms with van der Waals surface area (Å²) in [6.07, 6.45) is 8.03. The number of nitrogens with zero attached hydrogens (tertiary/aromatic N) is 3. The van der Waals surface area contributed by atoms with Crippen molar-refractivity contribution in [2.24, 2.45) is 17.8 Å². The fraction of sp³-hybridized carbons (Fsp3) is 0.182. The Labute approximate surface area is 351 Å². The van der Waals surface area contributed by atoms with Crippen molar-refractivity contribution in [3.05, 3.63) is 169 Å². The van der Waals surface area contributed by atoms with Gasteiger partial charge in [-0.1, -0.05) is 133 Å². The molecule has 4 nitrogen and oxygen atoms in total. The summed E-state index contributed by atoms with van der Waals surface area (Å²) in [5, 5.41) is 2.06. The van der Waals surface area contributed by atoms with Crippen molar-refractivity contribution in [1.82, 2.24) is 15.0 Å². The molecule has 4 saturated carbocycles. The number of fused-ring (bicyclic) bond motifs is 3. The van der Waals surface area contributed by atoms with Crippen molar-refractivity contribution >= 4 is 35.2 Å². The molecule has 2 radical (unpaired) electrons. The number of hydrogen-bond donors (Lipinski definition) is 0. The van der Waals surface area contributed by atoms with E-state index in [2.05, 4.69) is 140 Å². The predicted molar refractivity (Wildman–Crippen MR) is 245 cm³/mol. The van der Waals surface area contributed by atoms with Crippen LogP contribution in [0.25, 0.3) is 89.5 Å². The number of furan rings is 1. The van der Waals surface area contributed by atoms with E-state index in [4.69, 9.17) is 27.2 Å². The molecule has 5 heteroatoms. The lowest BCUT2D eigenvalue weighted by molar-refractivity contribution is -0.00515. The minimum atomic E-state index is 0.185. The van der Waals surface area contributed by atoms with E-state index < -0.39 is 0 Å². The maximum absolute atomic E-state index is 6.73. The van der Waals surface area contributed by atoms with E-state index in [-0.39, 0.29) is 5.41 Å². The highest BCUT2D eigenvalue weighted by molar-refractivity contribution is 6.32. The molecule has 0 unspecified atom stereocenters. The van der Waals surface area contributed by atoms with Crippen LogP contribution in [0.15, 0.2) is 168 Å². The zero-order valence-electron chi connectivity index (χ0n) is 33.4. The van der Waals surface area contributed by atoms with Crippen LogP contribution >= 0.6 is 0 Å². The van der Waals surface area contributed by atoms with Crippen LogP contribution in [0.2, 0.25) is 0 Å². The molecule has 0 spiro atoms. The summed E-state index contributed by atoms with van der Waals surface area (Å²) in [5.41, 5.74) is 13.4. The lowest BCUT2D eigenvalue weighted by Crippen LogP contribution is -2.48. The van der Waals surface area contributed by atoms with Crippen molar-refractivity contribution in [2.45, 2.75) is 43.9 Å². The second kappa shape index (κ2) is 14.0. The van der Waals surface area contributed by atoms with Gasteiger partial charge in [-0.2, -0.15) is 0 Å². The number of aromatic nitrogens is 3. The molecule has 4 fully saturated rings. The lowest BCUT2D eigenvalue weighted by Gasteiger charge is -2.57. The average Bonchev–Trinajstić information content (AvgIpc) is 3.67. The third-order valence-electron chi connectivity index (χ3n) is 13.8. The standard InChI is InChI=1S/C55H42BN3O/c56-46-20-18-39(19-21-46)43-29-48-47-16-7-8-17-50(47)60-51(48)49(30-43)54-58-52(41-15-9-14-40(25-41)37-10-3-1-4-11-37)57-53(59-54)44-26-42(38-12-5-2-6-13-38)27-45(28-44)55-31-34-22-35(32-55)24-36(23-34)33-55/h1-21,25-30,34-36H,22-24,31-33H2. The van der Waals surface area contributed by atoms with Gasteiger partial charge in [0.2, 0.25) is 0 Å². The number of rotatable bonds is 7. The highest BCUT2D eigenvalue weighted by atomic mass is 16.3. The third-order valence-corrected chi connectivity index (χ3v) is 13.8. The van der Waals surface area contributed by atoms with Crippen molar-refractivity contribution in [3.8, 4) is 67.5 Å². The minimum absolute atomic E-state index is 0.185. The highest BCUT2D eigenvalue weighted by Gasteiger charge is 2.51. The molecule has 0 atom stereocenters. The zero-order chi connectivity index (χ0) is 39.8. The Hall–Kier alpha value is -6.59. The maximum atomic E-state index is 6.73. The Morgan fingerprint density at radius 1 is 0.433 bits per heavy atom. The van der Waals surface area contributed by atoms with Crippen LogP contribution in [0.3, 0.4) is 0 Å². The number of hydrogen-bond acceptors (Lipinski definition) is 4. The van der Waals surface area contributed by atoms with Gasteiger partial charge in [-0.3, -0.25) is 0 Å². The summed E-state index contributed by atoms with van der Waals surface area (Å²) < 4.78 is 6.73. The average molecular weight is 772 g/mol. The molecule has 0 aliphatic heterocycles. The Balaban J connectivity index is 1.11. The van der Waals surface area contributed by atoms with E-state index in [0.717, 1.165) is 84.1 Å². The first-order valence-corrected chi connectivity index (χ1v) is 21.5. The largest absolute Gasteiger partial charge is 0.455 e. The van der Waals surface area contributed by atoms with Gasteiger partial charge in [-0.15, -0.1) is 0 Å². The zero-order valence-corrected chi connectivity index (χ0v) is 33.4. The minimum Gasteiger partial charge on any atom is -0.455 e. The monoisotopic (exact) mass is 771 g/mol. The Morgan fingerprint density at radius 2 is 0.967 bits per heavy atom. The quantitative estimate of drug-likeness (QED) is 0.151. The molecule has 13 rings (SSSR count). The van der Waals surface area contributed by atoms with Gasteiger partial charge in [0, 0.05) is 21.9 Å². The van der Waals surface area contributed by atoms with Crippen LogP contribution in [0.4, 0.5) is 0 Å². The molecule has 4 bridgehead atoms. The van der Waals surface area contributed by atoms with Crippen LogP contribution in [0, 0.1) is 17.8 Å². The number of benzene rings is 7.